The average Bonchev–Trinajstić information content (AvgIpc) is 2.15. The zero-order chi connectivity index (χ0) is 12.9. The molecule has 2 heteroatoms. The molecular weight excluding hydrogens is 186 g/mol. The first-order valence-electron chi connectivity index (χ1n) is 6.31. The summed E-state index contributed by atoms with van der Waals surface area (Å²) in [4.78, 5) is 14.2. The Morgan fingerprint density at radius 1 is 1.20 bits per heavy atom. The zero-order valence-electron chi connectivity index (χ0n) is 11.9. The van der Waals surface area contributed by atoms with E-state index in [1.54, 1.807) is 6.08 Å². The van der Waals surface area contributed by atoms with Crippen LogP contribution in [-0.4, -0.2) is 22.9 Å². The Balaban J connectivity index is 4.82. The van der Waals surface area contributed by atoms with Crippen molar-refractivity contribution in [2.75, 3.05) is 0 Å². The van der Waals surface area contributed by atoms with E-state index in [0.29, 0.717) is 0 Å². The fourth-order valence-corrected chi connectivity index (χ4v) is 1.70. The minimum atomic E-state index is -0.116. The Bertz CT molecular complexity index is 251. The highest BCUT2D eigenvalue weighted by atomic mass is 16.2. The molecule has 0 bridgehead atoms. The van der Waals surface area contributed by atoms with Gasteiger partial charge in [-0.25, -0.2) is 0 Å². The molecule has 0 spiro atoms. The van der Waals surface area contributed by atoms with E-state index in [0.717, 1.165) is 5.57 Å². The van der Waals surface area contributed by atoms with E-state index >= 15 is 0 Å². The second-order valence-electron chi connectivity index (χ2n) is 4.60. The lowest BCUT2D eigenvalue weighted by atomic mass is 9.99. The van der Waals surface area contributed by atoms with E-state index in [4.69, 9.17) is 1.37 Å². The molecule has 1 amide bonds. The molecule has 1 unspecified atom stereocenters. The molecule has 0 radical (unpaired) electrons. The SMILES string of the molecule is [2H]C/C=C(\C)C(C)C(=O)N(C(C)C)C(C)C. The first-order valence-corrected chi connectivity index (χ1v) is 5.61. The Morgan fingerprint density at radius 2 is 1.67 bits per heavy atom. The van der Waals surface area contributed by atoms with Crippen molar-refractivity contribution < 1.29 is 6.17 Å². The smallest absolute Gasteiger partial charge is 0.229 e. The highest BCUT2D eigenvalue weighted by Crippen LogP contribution is 2.17. The van der Waals surface area contributed by atoms with Crippen LogP contribution in [0.5, 0.6) is 0 Å². The van der Waals surface area contributed by atoms with E-state index in [1.807, 2.05) is 46.4 Å². The van der Waals surface area contributed by atoms with Gasteiger partial charge in [-0.1, -0.05) is 11.6 Å². The highest BCUT2D eigenvalue weighted by molar-refractivity contribution is 5.81. The highest BCUT2D eigenvalue weighted by Gasteiger charge is 2.25. The second-order valence-corrected chi connectivity index (χ2v) is 4.60. The van der Waals surface area contributed by atoms with Gasteiger partial charge in [0.2, 0.25) is 5.91 Å². The van der Waals surface area contributed by atoms with Crippen LogP contribution in [0.4, 0.5) is 0 Å². The average molecular weight is 212 g/mol. The molecule has 0 aromatic carbocycles. The third kappa shape index (κ3) is 3.69. The van der Waals surface area contributed by atoms with Crippen molar-refractivity contribution in [3.63, 3.8) is 0 Å². The molecule has 1 atom stereocenters. The number of hydrogen-bond donors (Lipinski definition) is 0. The number of rotatable bonds is 4. The summed E-state index contributed by atoms with van der Waals surface area (Å²) in [6.45, 7) is 12.2. The van der Waals surface area contributed by atoms with E-state index in [2.05, 4.69) is 0 Å². The minimum absolute atomic E-state index is 0.116. The minimum Gasteiger partial charge on any atom is -0.337 e. The van der Waals surface area contributed by atoms with Crippen LogP contribution < -0.4 is 0 Å². The van der Waals surface area contributed by atoms with Crippen molar-refractivity contribution in [1.29, 1.82) is 0 Å². The van der Waals surface area contributed by atoms with Gasteiger partial charge < -0.3 is 4.90 Å². The number of carbonyl (C=O) groups is 1. The predicted octanol–water partition coefficient (Wildman–Crippen LogP) is 3.23. The van der Waals surface area contributed by atoms with Gasteiger partial charge in [-0.05, 0) is 48.4 Å². The van der Waals surface area contributed by atoms with Gasteiger partial charge in [0.05, 0.1) is 5.92 Å². The molecule has 0 aromatic heterocycles. The molecular formula is C13H25NO. The molecule has 0 aliphatic heterocycles. The second kappa shape index (κ2) is 5.94. The molecule has 0 aromatic rings. The van der Waals surface area contributed by atoms with Crippen LogP contribution in [0.15, 0.2) is 11.6 Å². The lowest BCUT2D eigenvalue weighted by Crippen LogP contribution is -2.44. The fraction of sp³-hybridized carbons (Fsp3) is 0.769. The van der Waals surface area contributed by atoms with Gasteiger partial charge >= 0.3 is 0 Å². The predicted molar refractivity (Wildman–Crippen MR) is 65.7 cm³/mol. The zero-order valence-corrected chi connectivity index (χ0v) is 10.9. The fourth-order valence-electron chi connectivity index (χ4n) is 1.70. The van der Waals surface area contributed by atoms with Gasteiger partial charge in [0.15, 0.2) is 0 Å². The molecule has 0 aliphatic carbocycles. The van der Waals surface area contributed by atoms with Crippen LogP contribution in [-0.2, 0) is 4.79 Å². The maximum Gasteiger partial charge on any atom is 0.229 e. The molecule has 88 valence electrons. The lowest BCUT2D eigenvalue weighted by molar-refractivity contribution is -0.137. The van der Waals surface area contributed by atoms with Crippen LogP contribution in [0.25, 0.3) is 0 Å². The summed E-state index contributed by atoms with van der Waals surface area (Å²) in [7, 11) is 0. The summed E-state index contributed by atoms with van der Waals surface area (Å²) in [5.74, 6) is 0.0438. The van der Waals surface area contributed by atoms with Gasteiger partial charge in [0, 0.05) is 13.5 Å². The van der Waals surface area contributed by atoms with Gasteiger partial charge in [-0.15, -0.1) is 0 Å². The molecule has 0 N–H and O–H groups in total. The molecule has 0 saturated carbocycles. The van der Waals surface area contributed by atoms with Gasteiger partial charge in [-0.3, -0.25) is 4.79 Å². The van der Waals surface area contributed by atoms with Crippen LogP contribution >= 0.6 is 0 Å². The third-order valence-corrected chi connectivity index (χ3v) is 2.74. The molecule has 0 heterocycles. The van der Waals surface area contributed by atoms with Gasteiger partial charge in [-0.2, -0.15) is 0 Å². The van der Waals surface area contributed by atoms with E-state index in [1.165, 1.54) is 0 Å². The maximum absolute atomic E-state index is 12.3. The van der Waals surface area contributed by atoms with Crippen molar-refractivity contribution in [3.05, 3.63) is 11.6 Å². The van der Waals surface area contributed by atoms with E-state index < -0.39 is 0 Å². The van der Waals surface area contributed by atoms with E-state index in [9.17, 15) is 4.79 Å². The Kier molecular flexibility index (Phi) is 4.86. The number of amides is 1. The first kappa shape index (κ1) is 12.3. The van der Waals surface area contributed by atoms with Crippen LogP contribution in [0.2, 0.25) is 0 Å². The Hall–Kier alpha value is -0.790. The largest absolute Gasteiger partial charge is 0.337 e. The lowest BCUT2D eigenvalue weighted by Gasteiger charge is -2.33. The summed E-state index contributed by atoms with van der Waals surface area (Å²) in [6.07, 6.45) is 1.81. The molecule has 0 saturated heterocycles. The molecule has 0 aliphatic rings. The molecule has 2 nitrogen and oxygen atoms in total. The summed E-state index contributed by atoms with van der Waals surface area (Å²) >= 11 is 0. The Morgan fingerprint density at radius 3 is 2.00 bits per heavy atom. The van der Waals surface area contributed by atoms with Gasteiger partial charge in [0.1, 0.15) is 0 Å². The van der Waals surface area contributed by atoms with Gasteiger partial charge in [0.25, 0.3) is 0 Å². The molecule has 15 heavy (non-hydrogen) atoms. The number of nitrogens with zero attached hydrogens (tertiary/aromatic N) is 1. The van der Waals surface area contributed by atoms with Crippen molar-refractivity contribution in [1.82, 2.24) is 4.90 Å². The first-order chi connectivity index (χ1) is 7.32. The normalized spacial score (nSPS) is 15.5. The van der Waals surface area contributed by atoms with Crippen molar-refractivity contribution in [2.24, 2.45) is 5.92 Å². The van der Waals surface area contributed by atoms with Crippen LogP contribution in [0, 0.1) is 5.92 Å². The van der Waals surface area contributed by atoms with Crippen LogP contribution in [0.1, 0.15) is 49.8 Å². The number of carbonyl (C=O) groups excluding carboxylic acids is 1. The van der Waals surface area contributed by atoms with Crippen molar-refractivity contribution in [2.45, 2.75) is 60.5 Å². The maximum atomic E-state index is 12.3. The molecule has 0 rings (SSSR count). The summed E-state index contributed by atoms with van der Waals surface area (Å²) in [5.41, 5.74) is 0.992. The monoisotopic (exact) mass is 212 g/mol. The molecule has 0 fully saturated rings. The topological polar surface area (TPSA) is 20.3 Å². The quantitative estimate of drug-likeness (QED) is 0.655. The van der Waals surface area contributed by atoms with E-state index in [-0.39, 0.29) is 30.8 Å². The standard InChI is InChI=1S/C13H25NO/c1-8-11(6)12(7)13(15)14(9(2)3)10(4)5/h8-10,12H,1-7H3/b11-8+/i1D. The summed E-state index contributed by atoms with van der Waals surface area (Å²) in [5, 5.41) is 0. The van der Waals surface area contributed by atoms with Crippen LogP contribution in [0.3, 0.4) is 0 Å². The van der Waals surface area contributed by atoms with Crippen molar-refractivity contribution in [3.8, 4) is 0 Å². The Labute approximate surface area is 95.8 Å². The number of hydrogen-bond acceptors (Lipinski definition) is 1. The number of allylic oxidation sites excluding steroid dienone is 1. The summed E-state index contributed by atoms with van der Waals surface area (Å²) < 4.78 is 7.14. The third-order valence-electron chi connectivity index (χ3n) is 2.74. The van der Waals surface area contributed by atoms with Crippen molar-refractivity contribution >= 4 is 5.91 Å². The summed E-state index contributed by atoms with van der Waals surface area (Å²) in [6, 6.07) is 0.442.